The number of rotatable bonds is 1. The summed E-state index contributed by atoms with van der Waals surface area (Å²) in [5, 5.41) is 0. The van der Waals surface area contributed by atoms with Crippen molar-refractivity contribution in [2.24, 2.45) is 0 Å². The summed E-state index contributed by atoms with van der Waals surface area (Å²) in [6, 6.07) is 0. The Morgan fingerprint density at radius 1 is 1.33 bits per heavy atom. The maximum Gasteiger partial charge on any atom is 0.190 e. The van der Waals surface area contributed by atoms with Crippen molar-refractivity contribution in [3.63, 3.8) is 0 Å². The zero-order valence-electron chi connectivity index (χ0n) is 7.45. The monoisotopic (exact) mass is 170 g/mol. The first-order valence-electron chi connectivity index (χ1n) is 4.31. The summed E-state index contributed by atoms with van der Waals surface area (Å²) in [6.07, 6.45) is 4.00. The molecule has 0 radical (unpaired) electrons. The van der Waals surface area contributed by atoms with E-state index in [1.54, 1.807) is 0 Å². The predicted molar refractivity (Wildman–Crippen MR) is 43.8 cm³/mol. The smallest absolute Gasteiger partial charge is 0.190 e. The number of hydrogen-bond acceptors (Lipinski definition) is 3. The van der Waals surface area contributed by atoms with Gasteiger partial charge in [-0.2, -0.15) is 0 Å². The molecule has 0 aromatic carbocycles. The minimum Gasteiger partial charge on any atom is -0.359 e. The van der Waals surface area contributed by atoms with E-state index in [0.717, 1.165) is 0 Å². The fourth-order valence-corrected chi connectivity index (χ4v) is 1.63. The molecule has 1 saturated heterocycles. The molecule has 2 heterocycles. The maximum atomic E-state index is 5.67. The van der Waals surface area contributed by atoms with E-state index in [9.17, 15) is 0 Å². The molecule has 2 rings (SSSR count). The molecule has 0 bridgehead atoms. The second kappa shape index (κ2) is 2.83. The molecule has 0 N–H and O–H groups in total. The average molecular weight is 170 g/mol. The molecule has 2 aliphatic rings. The van der Waals surface area contributed by atoms with Crippen LogP contribution >= 0.6 is 0 Å². The molecule has 0 amide bonds. The molecule has 0 saturated carbocycles. The summed E-state index contributed by atoms with van der Waals surface area (Å²) < 4.78 is 16.5. The van der Waals surface area contributed by atoms with Crippen molar-refractivity contribution < 1.29 is 14.2 Å². The molecule has 0 aliphatic carbocycles. The highest BCUT2D eigenvalue weighted by atomic mass is 16.7. The zero-order valence-corrected chi connectivity index (χ0v) is 7.45. The standard InChI is InChI=1S/C9H14O3/c1-7-3-4-9(2,12-7)8-10-5-6-11-8/h3-4,7-8H,5-6H2,1-2H3. The predicted octanol–water partition coefficient (Wildman–Crippen LogP) is 1.09. The van der Waals surface area contributed by atoms with Gasteiger partial charge in [-0.25, -0.2) is 0 Å². The van der Waals surface area contributed by atoms with Gasteiger partial charge >= 0.3 is 0 Å². The lowest BCUT2D eigenvalue weighted by atomic mass is 10.1. The second-order valence-corrected chi connectivity index (χ2v) is 3.44. The van der Waals surface area contributed by atoms with Gasteiger partial charge in [0.1, 0.15) is 5.60 Å². The maximum absolute atomic E-state index is 5.67. The number of hydrogen-bond donors (Lipinski definition) is 0. The third kappa shape index (κ3) is 1.28. The van der Waals surface area contributed by atoms with Gasteiger partial charge in [-0.15, -0.1) is 0 Å². The molecule has 0 aromatic rings. The Morgan fingerprint density at radius 2 is 2.00 bits per heavy atom. The Balaban J connectivity index is 2.06. The minimum atomic E-state index is -0.379. The first kappa shape index (κ1) is 8.23. The van der Waals surface area contributed by atoms with E-state index in [0.29, 0.717) is 13.2 Å². The van der Waals surface area contributed by atoms with Gasteiger partial charge in [-0.05, 0) is 19.9 Å². The Hall–Kier alpha value is -0.380. The molecule has 1 fully saturated rings. The van der Waals surface area contributed by atoms with Crippen molar-refractivity contribution in [2.45, 2.75) is 31.8 Å². The van der Waals surface area contributed by atoms with E-state index in [2.05, 4.69) is 0 Å². The van der Waals surface area contributed by atoms with E-state index in [4.69, 9.17) is 14.2 Å². The molecule has 2 atom stereocenters. The van der Waals surface area contributed by atoms with Gasteiger partial charge in [0.15, 0.2) is 6.29 Å². The molecule has 12 heavy (non-hydrogen) atoms. The quantitative estimate of drug-likeness (QED) is 0.551. The summed E-state index contributed by atoms with van der Waals surface area (Å²) in [5.74, 6) is 0. The van der Waals surface area contributed by atoms with Crippen LogP contribution in [0.2, 0.25) is 0 Å². The van der Waals surface area contributed by atoms with E-state index in [1.807, 2.05) is 26.0 Å². The Kier molecular flexibility index (Phi) is 1.94. The lowest BCUT2D eigenvalue weighted by Crippen LogP contribution is -2.39. The van der Waals surface area contributed by atoms with Crippen LogP contribution in [0, 0.1) is 0 Å². The highest BCUT2D eigenvalue weighted by Crippen LogP contribution is 2.30. The van der Waals surface area contributed by atoms with Crippen molar-refractivity contribution in [3.8, 4) is 0 Å². The SMILES string of the molecule is CC1C=CC(C)(C2OCCO2)O1. The molecule has 3 nitrogen and oxygen atoms in total. The molecular weight excluding hydrogens is 156 g/mol. The van der Waals surface area contributed by atoms with Crippen LogP contribution in [0.1, 0.15) is 13.8 Å². The summed E-state index contributed by atoms with van der Waals surface area (Å²) in [6.45, 7) is 5.34. The van der Waals surface area contributed by atoms with Crippen molar-refractivity contribution in [1.29, 1.82) is 0 Å². The van der Waals surface area contributed by atoms with Crippen LogP contribution in [0.15, 0.2) is 12.2 Å². The van der Waals surface area contributed by atoms with Crippen LogP contribution in [0.25, 0.3) is 0 Å². The lowest BCUT2D eigenvalue weighted by Gasteiger charge is -2.28. The van der Waals surface area contributed by atoms with E-state index < -0.39 is 0 Å². The van der Waals surface area contributed by atoms with Crippen molar-refractivity contribution in [3.05, 3.63) is 12.2 Å². The van der Waals surface area contributed by atoms with Crippen LogP contribution in [0.4, 0.5) is 0 Å². The van der Waals surface area contributed by atoms with Crippen molar-refractivity contribution in [1.82, 2.24) is 0 Å². The summed E-state index contributed by atoms with van der Waals surface area (Å²) >= 11 is 0. The normalized spacial score (nSPS) is 42.7. The largest absolute Gasteiger partial charge is 0.359 e. The first-order valence-corrected chi connectivity index (χ1v) is 4.31. The van der Waals surface area contributed by atoms with E-state index in [1.165, 1.54) is 0 Å². The van der Waals surface area contributed by atoms with Crippen LogP contribution in [0.5, 0.6) is 0 Å². The minimum absolute atomic E-state index is 0.169. The third-order valence-corrected chi connectivity index (χ3v) is 2.23. The first-order chi connectivity index (χ1) is 5.71. The van der Waals surface area contributed by atoms with Gasteiger partial charge in [0.05, 0.1) is 19.3 Å². The molecular formula is C9H14O3. The highest BCUT2D eigenvalue weighted by Gasteiger charge is 2.41. The van der Waals surface area contributed by atoms with Crippen molar-refractivity contribution >= 4 is 0 Å². The van der Waals surface area contributed by atoms with Crippen LogP contribution in [-0.4, -0.2) is 31.2 Å². The Bertz CT molecular complexity index is 196. The molecule has 0 spiro atoms. The van der Waals surface area contributed by atoms with E-state index in [-0.39, 0.29) is 18.0 Å². The topological polar surface area (TPSA) is 27.7 Å². The molecule has 0 aromatic heterocycles. The number of ether oxygens (including phenoxy) is 3. The summed E-state index contributed by atoms with van der Waals surface area (Å²) in [5.41, 5.74) is -0.379. The van der Waals surface area contributed by atoms with Gasteiger partial charge in [0.2, 0.25) is 0 Å². The summed E-state index contributed by atoms with van der Waals surface area (Å²) in [7, 11) is 0. The zero-order chi connectivity index (χ0) is 8.60. The molecule has 68 valence electrons. The Labute approximate surface area is 72.3 Å². The van der Waals surface area contributed by atoms with Gasteiger partial charge in [0, 0.05) is 0 Å². The third-order valence-electron chi connectivity index (χ3n) is 2.23. The van der Waals surface area contributed by atoms with Gasteiger partial charge in [0.25, 0.3) is 0 Å². The fourth-order valence-electron chi connectivity index (χ4n) is 1.63. The van der Waals surface area contributed by atoms with Gasteiger partial charge < -0.3 is 14.2 Å². The molecule has 2 unspecified atom stereocenters. The van der Waals surface area contributed by atoms with Crippen molar-refractivity contribution in [2.75, 3.05) is 13.2 Å². The van der Waals surface area contributed by atoms with E-state index >= 15 is 0 Å². The lowest BCUT2D eigenvalue weighted by molar-refractivity contribution is -0.175. The van der Waals surface area contributed by atoms with Crippen LogP contribution in [0.3, 0.4) is 0 Å². The average Bonchev–Trinajstić information content (AvgIpc) is 2.59. The van der Waals surface area contributed by atoms with Crippen LogP contribution < -0.4 is 0 Å². The second-order valence-electron chi connectivity index (χ2n) is 3.44. The Morgan fingerprint density at radius 3 is 2.50 bits per heavy atom. The van der Waals surface area contributed by atoms with Crippen LogP contribution in [-0.2, 0) is 14.2 Å². The molecule has 2 aliphatic heterocycles. The molecule has 3 heteroatoms. The highest BCUT2D eigenvalue weighted by molar-refractivity contribution is 5.10. The van der Waals surface area contributed by atoms with Gasteiger partial charge in [-0.1, -0.05) is 6.08 Å². The van der Waals surface area contributed by atoms with Gasteiger partial charge in [-0.3, -0.25) is 0 Å². The fraction of sp³-hybridized carbons (Fsp3) is 0.778. The summed E-state index contributed by atoms with van der Waals surface area (Å²) in [4.78, 5) is 0.